The highest BCUT2D eigenvalue weighted by atomic mass is 16.6. The number of ether oxygens (including phenoxy) is 1. The van der Waals surface area contributed by atoms with E-state index in [2.05, 4.69) is 17.2 Å². The van der Waals surface area contributed by atoms with Crippen LogP contribution in [0.15, 0.2) is 24.5 Å². The van der Waals surface area contributed by atoms with Crippen LogP contribution in [0.4, 0.5) is 4.79 Å². The Balaban J connectivity index is 2.32. The van der Waals surface area contributed by atoms with E-state index in [9.17, 15) is 4.79 Å². The van der Waals surface area contributed by atoms with Crippen molar-refractivity contribution in [3.8, 4) is 0 Å². The topological polar surface area (TPSA) is 54.5 Å². The minimum atomic E-state index is -0.457. The lowest BCUT2D eigenvalue weighted by Gasteiger charge is -2.25. The minimum absolute atomic E-state index is 0.204. The molecule has 0 spiro atoms. The van der Waals surface area contributed by atoms with Gasteiger partial charge in [0.15, 0.2) is 0 Å². The number of likely N-dealkylation sites (N-methyl/N-ethyl adjacent to an activating group) is 1. The Hall–Kier alpha value is -1.62. The second-order valence-corrected chi connectivity index (χ2v) is 5.86. The molecular formula is C15H25N3O2. The van der Waals surface area contributed by atoms with E-state index in [0.29, 0.717) is 13.1 Å². The zero-order valence-corrected chi connectivity index (χ0v) is 13.0. The van der Waals surface area contributed by atoms with E-state index in [4.69, 9.17) is 4.74 Å². The summed E-state index contributed by atoms with van der Waals surface area (Å²) in [4.78, 5) is 17.4. The van der Waals surface area contributed by atoms with Crippen LogP contribution in [0.5, 0.6) is 0 Å². The van der Waals surface area contributed by atoms with Crippen molar-refractivity contribution in [2.24, 2.45) is 0 Å². The van der Waals surface area contributed by atoms with Crippen molar-refractivity contribution < 1.29 is 9.53 Å². The van der Waals surface area contributed by atoms with Gasteiger partial charge in [-0.05, 0) is 39.3 Å². The molecule has 0 saturated heterocycles. The van der Waals surface area contributed by atoms with E-state index in [0.717, 1.165) is 5.56 Å². The van der Waals surface area contributed by atoms with Gasteiger partial charge in [0, 0.05) is 38.6 Å². The van der Waals surface area contributed by atoms with Crippen LogP contribution in [0, 0.1) is 0 Å². The Morgan fingerprint density at radius 3 is 2.75 bits per heavy atom. The first-order chi connectivity index (χ1) is 9.29. The molecule has 1 atom stereocenters. The Morgan fingerprint density at radius 2 is 2.20 bits per heavy atom. The highest BCUT2D eigenvalue weighted by Gasteiger charge is 2.19. The Bertz CT molecular complexity index is 415. The highest BCUT2D eigenvalue weighted by molar-refractivity contribution is 5.67. The third-order valence-electron chi connectivity index (χ3n) is 2.79. The van der Waals surface area contributed by atoms with E-state index >= 15 is 0 Å². The summed E-state index contributed by atoms with van der Waals surface area (Å²) in [5, 5.41) is 3.36. The molecule has 1 aromatic heterocycles. The number of carbonyl (C=O) groups excluding carboxylic acids is 1. The first-order valence-corrected chi connectivity index (χ1v) is 6.87. The van der Waals surface area contributed by atoms with E-state index in [1.807, 2.05) is 39.1 Å². The lowest BCUT2D eigenvalue weighted by molar-refractivity contribution is 0.0299. The van der Waals surface area contributed by atoms with Crippen LogP contribution in [0.3, 0.4) is 0 Å². The smallest absolute Gasteiger partial charge is 0.410 e. The summed E-state index contributed by atoms with van der Waals surface area (Å²) in [6, 6.07) is 4.15. The number of nitrogens with one attached hydrogen (secondary N) is 1. The third-order valence-corrected chi connectivity index (χ3v) is 2.79. The molecule has 1 rings (SSSR count). The maximum Gasteiger partial charge on any atom is 0.410 e. The first kappa shape index (κ1) is 16.4. The van der Waals surface area contributed by atoms with Crippen LogP contribution in [-0.2, 0) is 4.74 Å². The summed E-state index contributed by atoms with van der Waals surface area (Å²) in [6.07, 6.45) is 3.30. The predicted octanol–water partition coefficient (Wildman–Crippen LogP) is 2.60. The number of hydrogen-bond acceptors (Lipinski definition) is 4. The van der Waals surface area contributed by atoms with Crippen LogP contribution in [0.1, 0.15) is 39.3 Å². The molecule has 0 bridgehead atoms. The number of pyridine rings is 1. The number of nitrogens with zero attached hydrogens (tertiary/aromatic N) is 2. The quantitative estimate of drug-likeness (QED) is 0.900. The normalized spacial score (nSPS) is 12.8. The molecule has 0 aliphatic heterocycles. The van der Waals surface area contributed by atoms with E-state index in [-0.39, 0.29) is 12.1 Å². The van der Waals surface area contributed by atoms with Gasteiger partial charge in [-0.1, -0.05) is 6.07 Å². The fourth-order valence-corrected chi connectivity index (χ4v) is 1.63. The number of amides is 1. The van der Waals surface area contributed by atoms with Crippen molar-refractivity contribution in [1.82, 2.24) is 15.2 Å². The summed E-state index contributed by atoms with van der Waals surface area (Å²) in [5.74, 6) is 0. The van der Waals surface area contributed by atoms with Gasteiger partial charge >= 0.3 is 6.09 Å². The van der Waals surface area contributed by atoms with Crippen LogP contribution in [0.25, 0.3) is 0 Å². The summed E-state index contributed by atoms with van der Waals surface area (Å²) < 4.78 is 5.29. The van der Waals surface area contributed by atoms with Gasteiger partial charge in [0.25, 0.3) is 0 Å². The average Bonchev–Trinajstić information content (AvgIpc) is 2.37. The van der Waals surface area contributed by atoms with Gasteiger partial charge in [-0.25, -0.2) is 4.79 Å². The van der Waals surface area contributed by atoms with Crippen molar-refractivity contribution in [1.29, 1.82) is 0 Å². The highest BCUT2D eigenvalue weighted by Crippen LogP contribution is 2.10. The van der Waals surface area contributed by atoms with Crippen LogP contribution in [-0.4, -0.2) is 41.7 Å². The van der Waals surface area contributed by atoms with Crippen molar-refractivity contribution in [2.75, 3.05) is 20.1 Å². The molecule has 0 radical (unpaired) electrons. The number of carbonyl (C=O) groups is 1. The molecule has 5 nitrogen and oxygen atoms in total. The van der Waals surface area contributed by atoms with E-state index in [1.165, 1.54) is 0 Å². The number of rotatable bonds is 5. The first-order valence-electron chi connectivity index (χ1n) is 6.87. The van der Waals surface area contributed by atoms with E-state index < -0.39 is 5.60 Å². The summed E-state index contributed by atoms with van der Waals surface area (Å²) in [7, 11) is 1.74. The monoisotopic (exact) mass is 279 g/mol. The molecule has 112 valence electrons. The molecule has 20 heavy (non-hydrogen) atoms. The number of hydrogen-bond donors (Lipinski definition) is 1. The van der Waals surface area contributed by atoms with Crippen molar-refractivity contribution in [2.45, 2.75) is 39.3 Å². The number of aromatic nitrogens is 1. The molecule has 0 saturated carbocycles. The van der Waals surface area contributed by atoms with Gasteiger partial charge in [0.2, 0.25) is 0 Å². The van der Waals surface area contributed by atoms with Crippen LogP contribution >= 0.6 is 0 Å². The Kier molecular flexibility index (Phi) is 5.95. The minimum Gasteiger partial charge on any atom is -0.444 e. The molecule has 0 aromatic carbocycles. The maximum absolute atomic E-state index is 11.8. The Labute approximate surface area is 121 Å². The van der Waals surface area contributed by atoms with Gasteiger partial charge in [0.05, 0.1) is 0 Å². The van der Waals surface area contributed by atoms with Crippen molar-refractivity contribution in [3.63, 3.8) is 0 Å². The summed E-state index contributed by atoms with van der Waals surface area (Å²) in [5.41, 5.74) is 0.675. The van der Waals surface area contributed by atoms with Crippen LogP contribution in [0.2, 0.25) is 0 Å². The molecule has 1 unspecified atom stereocenters. The molecule has 1 aromatic rings. The second-order valence-electron chi connectivity index (χ2n) is 5.86. The fraction of sp³-hybridized carbons (Fsp3) is 0.600. The SMILES string of the molecule is CC(NCCN(C)C(=O)OC(C)(C)C)c1cccnc1. The molecule has 0 aliphatic rings. The third kappa shape index (κ3) is 6.02. The van der Waals surface area contributed by atoms with E-state index in [1.54, 1.807) is 18.1 Å². The molecule has 5 heteroatoms. The average molecular weight is 279 g/mol. The zero-order chi connectivity index (χ0) is 15.2. The lowest BCUT2D eigenvalue weighted by atomic mass is 10.1. The largest absolute Gasteiger partial charge is 0.444 e. The molecule has 1 heterocycles. The summed E-state index contributed by atoms with van der Waals surface area (Å²) in [6.45, 7) is 8.96. The molecular weight excluding hydrogens is 254 g/mol. The van der Waals surface area contributed by atoms with Gasteiger partial charge < -0.3 is 15.0 Å². The molecule has 1 N–H and O–H groups in total. The fourth-order valence-electron chi connectivity index (χ4n) is 1.63. The molecule has 1 amide bonds. The Morgan fingerprint density at radius 1 is 1.50 bits per heavy atom. The van der Waals surface area contributed by atoms with Gasteiger partial charge in [-0.15, -0.1) is 0 Å². The lowest BCUT2D eigenvalue weighted by Crippen LogP contribution is -2.38. The zero-order valence-electron chi connectivity index (χ0n) is 13.0. The predicted molar refractivity (Wildman–Crippen MR) is 79.5 cm³/mol. The van der Waals surface area contributed by atoms with Gasteiger partial charge in [0.1, 0.15) is 5.60 Å². The second kappa shape index (κ2) is 7.24. The van der Waals surface area contributed by atoms with Crippen molar-refractivity contribution >= 4 is 6.09 Å². The van der Waals surface area contributed by atoms with Crippen LogP contribution < -0.4 is 5.32 Å². The summed E-state index contributed by atoms with van der Waals surface area (Å²) >= 11 is 0. The molecule has 0 fully saturated rings. The standard InChI is InChI=1S/C15H25N3O2/c1-12(13-7-6-8-16-11-13)17-9-10-18(5)14(19)20-15(2,3)4/h6-8,11-12,17H,9-10H2,1-5H3. The van der Waals surface area contributed by atoms with Crippen molar-refractivity contribution in [3.05, 3.63) is 30.1 Å². The van der Waals surface area contributed by atoms with Gasteiger partial charge in [-0.3, -0.25) is 4.98 Å². The molecule has 0 aliphatic carbocycles. The maximum atomic E-state index is 11.8. The van der Waals surface area contributed by atoms with Gasteiger partial charge in [-0.2, -0.15) is 0 Å².